The Labute approximate surface area is 156 Å². The quantitative estimate of drug-likeness (QED) is 0.649. The number of aromatic nitrogens is 3. The molecule has 0 aliphatic heterocycles. The molecule has 0 amide bonds. The fourth-order valence-electron chi connectivity index (χ4n) is 2.49. The molecule has 0 bridgehead atoms. The van der Waals surface area contributed by atoms with Crippen molar-refractivity contribution in [2.75, 3.05) is 7.11 Å². The van der Waals surface area contributed by atoms with Gasteiger partial charge in [0.25, 0.3) is 0 Å². The van der Waals surface area contributed by atoms with E-state index in [-0.39, 0.29) is 17.0 Å². The summed E-state index contributed by atoms with van der Waals surface area (Å²) in [7, 11) is -2.55. The zero-order chi connectivity index (χ0) is 19.4. The van der Waals surface area contributed by atoms with E-state index in [1.54, 1.807) is 35.3 Å². The first-order valence-electron chi connectivity index (χ1n) is 8.04. The fraction of sp³-hybridized carbons (Fsp3) is 0.167. The normalized spacial score (nSPS) is 11.3. The van der Waals surface area contributed by atoms with Crippen LogP contribution in [0, 0.1) is 6.92 Å². The molecule has 8 nitrogen and oxygen atoms in total. The van der Waals surface area contributed by atoms with E-state index in [9.17, 15) is 13.2 Å². The number of ether oxygens (including phenoxy) is 1. The maximum atomic E-state index is 12.5. The second-order valence-electron chi connectivity index (χ2n) is 5.71. The minimum absolute atomic E-state index is 0.00914. The summed E-state index contributed by atoms with van der Waals surface area (Å²) in [6, 6.07) is 9.19. The van der Waals surface area contributed by atoms with Crippen LogP contribution in [0.3, 0.4) is 0 Å². The number of nitrogens with zero attached hydrogens (tertiary/aromatic N) is 3. The maximum absolute atomic E-state index is 12.5. The van der Waals surface area contributed by atoms with Crippen molar-refractivity contribution < 1.29 is 17.9 Å². The first-order chi connectivity index (χ1) is 12.9. The van der Waals surface area contributed by atoms with Crippen LogP contribution < -0.4 is 4.72 Å². The minimum Gasteiger partial charge on any atom is -0.465 e. The molecule has 0 radical (unpaired) electrons. The average Bonchev–Trinajstić information content (AvgIpc) is 3.12. The Morgan fingerprint density at radius 3 is 2.70 bits per heavy atom. The number of esters is 1. The Hall–Kier alpha value is -3.04. The molecule has 3 rings (SSSR count). The lowest BCUT2D eigenvalue weighted by Crippen LogP contribution is -2.23. The Kier molecular flexibility index (Phi) is 5.33. The van der Waals surface area contributed by atoms with Crippen LogP contribution in [0.1, 0.15) is 21.7 Å². The van der Waals surface area contributed by atoms with Crippen molar-refractivity contribution in [3.8, 4) is 5.82 Å². The summed E-state index contributed by atoms with van der Waals surface area (Å²) < 4.78 is 34.0. The fourth-order valence-corrected chi connectivity index (χ4v) is 3.56. The van der Waals surface area contributed by atoms with Crippen LogP contribution in [-0.4, -0.2) is 36.0 Å². The molecule has 0 aliphatic rings. The highest BCUT2D eigenvalue weighted by Crippen LogP contribution is 2.14. The molecule has 9 heteroatoms. The van der Waals surface area contributed by atoms with Crippen LogP contribution in [0.5, 0.6) is 0 Å². The molecule has 1 N–H and O–H groups in total. The van der Waals surface area contributed by atoms with Gasteiger partial charge >= 0.3 is 5.97 Å². The second kappa shape index (κ2) is 7.68. The molecule has 2 aromatic heterocycles. The summed E-state index contributed by atoms with van der Waals surface area (Å²) in [6.07, 6.45) is 5.06. The van der Waals surface area contributed by atoms with Gasteiger partial charge in [-0.3, -0.25) is 4.57 Å². The van der Waals surface area contributed by atoms with E-state index in [1.807, 2.05) is 6.92 Å². The lowest BCUT2D eigenvalue weighted by atomic mass is 10.2. The molecule has 0 saturated carbocycles. The molecule has 0 aliphatic carbocycles. The van der Waals surface area contributed by atoms with E-state index in [0.29, 0.717) is 5.82 Å². The average molecular weight is 386 g/mol. The summed E-state index contributed by atoms with van der Waals surface area (Å²) in [5.74, 6) is 0.829. The summed E-state index contributed by atoms with van der Waals surface area (Å²) in [6.45, 7) is 1.93. The van der Waals surface area contributed by atoms with Crippen LogP contribution in [-0.2, 0) is 21.3 Å². The monoisotopic (exact) mass is 386 g/mol. The zero-order valence-corrected chi connectivity index (χ0v) is 15.6. The Bertz CT molecular complexity index is 1080. The molecule has 3 aromatic rings. The number of methoxy groups -OCH3 is 1. The van der Waals surface area contributed by atoms with Gasteiger partial charge in [0.2, 0.25) is 10.0 Å². The van der Waals surface area contributed by atoms with Crippen LogP contribution in [0.4, 0.5) is 0 Å². The van der Waals surface area contributed by atoms with Gasteiger partial charge in [0.1, 0.15) is 11.6 Å². The van der Waals surface area contributed by atoms with E-state index >= 15 is 0 Å². The Morgan fingerprint density at radius 2 is 2.00 bits per heavy atom. The first-order valence-corrected chi connectivity index (χ1v) is 9.52. The summed E-state index contributed by atoms with van der Waals surface area (Å²) in [5, 5.41) is 0. The molecule has 27 heavy (non-hydrogen) atoms. The minimum atomic E-state index is -3.79. The summed E-state index contributed by atoms with van der Waals surface area (Å²) in [5.41, 5.74) is 0.906. The standard InChI is InChI=1S/C18H18N4O4S/c1-13-19-8-9-22(13)17-10-14(6-7-20-17)12-21-27(24,25)16-5-3-4-15(11-16)18(23)26-2/h3-11,21H,12H2,1-2H3. The van der Waals surface area contributed by atoms with Crippen LogP contribution >= 0.6 is 0 Å². The number of nitrogens with one attached hydrogen (secondary N) is 1. The third-order valence-electron chi connectivity index (χ3n) is 3.91. The van der Waals surface area contributed by atoms with Gasteiger partial charge in [0.15, 0.2) is 0 Å². The van der Waals surface area contributed by atoms with Gasteiger partial charge in [-0.05, 0) is 42.8 Å². The van der Waals surface area contributed by atoms with Crippen LogP contribution in [0.2, 0.25) is 0 Å². The third kappa shape index (κ3) is 4.21. The molecular formula is C18H18N4O4S. The summed E-state index contributed by atoms with van der Waals surface area (Å²) >= 11 is 0. The van der Waals surface area contributed by atoms with Crippen molar-refractivity contribution in [1.82, 2.24) is 19.3 Å². The third-order valence-corrected chi connectivity index (χ3v) is 5.31. The van der Waals surface area contributed by atoms with Gasteiger partial charge in [-0.15, -0.1) is 0 Å². The van der Waals surface area contributed by atoms with Crippen molar-refractivity contribution in [1.29, 1.82) is 0 Å². The van der Waals surface area contributed by atoms with Crippen LogP contribution in [0.15, 0.2) is 59.9 Å². The molecule has 0 saturated heterocycles. The molecule has 0 spiro atoms. The number of hydrogen-bond acceptors (Lipinski definition) is 6. The first kappa shape index (κ1) is 18.7. The number of benzene rings is 1. The highest BCUT2D eigenvalue weighted by atomic mass is 32.2. The topological polar surface area (TPSA) is 103 Å². The molecule has 0 unspecified atom stereocenters. The number of hydrogen-bond donors (Lipinski definition) is 1. The number of carbonyl (C=O) groups is 1. The molecule has 140 valence electrons. The van der Waals surface area contributed by atoms with E-state index in [4.69, 9.17) is 0 Å². The van der Waals surface area contributed by atoms with Gasteiger partial charge < -0.3 is 4.74 Å². The molecular weight excluding hydrogens is 368 g/mol. The zero-order valence-electron chi connectivity index (χ0n) is 14.8. The number of rotatable bonds is 6. The highest BCUT2D eigenvalue weighted by molar-refractivity contribution is 7.89. The maximum Gasteiger partial charge on any atom is 0.337 e. The lowest BCUT2D eigenvalue weighted by molar-refractivity contribution is 0.0600. The Balaban J connectivity index is 1.78. The molecule has 2 heterocycles. The predicted octanol–water partition coefficient (Wildman–Crippen LogP) is 1.84. The highest BCUT2D eigenvalue weighted by Gasteiger charge is 2.16. The van der Waals surface area contributed by atoms with E-state index in [0.717, 1.165) is 11.4 Å². The van der Waals surface area contributed by atoms with E-state index in [2.05, 4.69) is 19.4 Å². The largest absolute Gasteiger partial charge is 0.465 e. The molecule has 0 atom stereocenters. The molecule has 0 fully saturated rings. The van der Waals surface area contributed by atoms with E-state index in [1.165, 1.54) is 31.4 Å². The van der Waals surface area contributed by atoms with Gasteiger partial charge in [-0.25, -0.2) is 27.9 Å². The van der Waals surface area contributed by atoms with Crippen LogP contribution in [0.25, 0.3) is 5.82 Å². The number of aryl methyl sites for hydroxylation is 1. The van der Waals surface area contributed by atoms with Crippen molar-refractivity contribution in [2.24, 2.45) is 0 Å². The second-order valence-corrected chi connectivity index (χ2v) is 7.48. The van der Waals surface area contributed by atoms with Crippen molar-refractivity contribution in [3.05, 3.63) is 71.9 Å². The summed E-state index contributed by atoms with van der Waals surface area (Å²) in [4.78, 5) is 20.0. The van der Waals surface area contributed by atoms with Gasteiger partial charge in [-0.1, -0.05) is 6.07 Å². The SMILES string of the molecule is COC(=O)c1cccc(S(=O)(=O)NCc2ccnc(-n3ccnc3C)c2)c1. The lowest BCUT2D eigenvalue weighted by Gasteiger charge is -2.10. The van der Waals surface area contributed by atoms with Crippen molar-refractivity contribution in [3.63, 3.8) is 0 Å². The smallest absolute Gasteiger partial charge is 0.337 e. The number of sulfonamides is 1. The number of imidazole rings is 1. The molecule has 1 aromatic carbocycles. The van der Waals surface area contributed by atoms with Gasteiger partial charge in [-0.2, -0.15) is 0 Å². The number of carbonyl (C=O) groups excluding carboxylic acids is 1. The predicted molar refractivity (Wildman–Crippen MR) is 97.9 cm³/mol. The van der Waals surface area contributed by atoms with Gasteiger partial charge in [0, 0.05) is 25.1 Å². The Morgan fingerprint density at radius 1 is 1.19 bits per heavy atom. The van der Waals surface area contributed by atoms with E-state index < -0.39 is 16.0 Å². The number of pyridine rings is 1. The van der Waals surface area contributed by atoms with Gasteiger partial charge in [0.05, 0.1) is 17.6 Å². The van der Waals surface area contributed by atoms with Crippen molar-refractivity contribution >= 4 is 16.0 Å². The van der Waals surface area contributed by atoms with Crippen molar-refractivity contribution in [2.45, 2.75) is 18.4 Å².